The summed E-state index contributed by atoms with van der Waals surface area (Å²) in [7, 11) is 0. The summed E-state index contributed by atoms with van der Waals surface area (Å²) in [6.45, 7) is 3.17. The van der Waals surface area contributed by atoms with Gasteiger partial charge in [0.1, 0.15) is 12.7 Å². The van der Waals surface area contributed by atoms with E-state index in [9.17, 15) is 0 Å². The number of nitrogens with one attached hydrogen (secondary N) is 1. The van der Waals surface area contributed by atoms with Crippen LogP contribution in [0, 0.1) is 5.41 Å². The fourth-order valence-electron chi connectivity index (χ4n) is 0.107. The average molecular weight is 95.1 g/mol. The molecule has 0 bridgehead atoms. The molecule has 0 aromatic heterocycles. The van der Waals surface area contributed by atoms with Gasteiger partial charge < -0.3 is 0 Å². The van der Waals surface area contributed by atoms with Gasteiger partial charge in [0, 0.05) is 0 Å². The van der Waals surface area contributed by atoms with Gasteiger partial charge in [-0.25, -0.2) is 4.99 Å². The Morgan fingerprint density at radius 2 is 2.43 bits per heavy atom. The molecule has 0 aliphatic rings. The molecular formula is C4H5N3. The minimum absolute atomic E-state index is 0.890. The Kier molecular flexibility index (Phi) is 3.96. The van der Waals surface area contributed by atoms with Crippen molar-refractivity contribution in [2.45, 2.75) is 0 Å². The van der Waals surface area contributed by atoms with E-state index in [1.807, 2.05) is 0 Å². The lowest BCUT2D eigenvalue weighted by molar-refractivity contribution is 1.51. The van der Waals surface area contributed by atoms with Crippen LogP contribution in [-0.2, 0) is 0 Å². The van der Waals surface area contributed by atoms with Crippen molar-refractivity contribution in [3.63, 3.8) is 0 Å². The predicted octanol–water partition coefficient (Wildman–Crippen LogP) is 0.477. The van der Waals surface area contributed by atoms with Gasteiger partial charge in [0.05, 0.1) is 0 Å². The summed E-state index contributed by atoms with van der Waals surface area (Å²) in [5, 5.41) is 6.35. The maximum atomic E-state index is 6.35. The Morgan fingerprint density at radius 1 is 1.71 bits per heavy atom. The van der Waals surface area contributed by atoms with Crippen molar-refractivity contribution in [3.05, 3.63) is 6.58 Å². The topological polar surface area (TPSA) is 48.6 Å². The van der Waals surface area contributed by atoms with Crippen molar-refractivity contribution in [2.75, 3.05) is 0 Å². The van der Waals surface area contributed by atoms with Crippen molar-refractivity contribution in [1.29, 1.82) is 5.41 Å². The van der Waals surface area contributed by atoms with Gasteiger partial charge in [-0.1, -0.05) is 0 Å². The van der Waals surface area contributed by atoms with Crippen LogP contribution < -0.4 is 0 Å². The van der Waals surface area contributed by atoms with E-state index in [1.54, 1.807) is 0 Å². The number of hydrogen-bond donors (Lipinski definition) is 1. The van der Waals surface area contributed by atoms with E-state index >= 15 is 0 Å². The fraction of sp³-hybridized carbons (Fsp3) is 0. The molecule has 3 nitrogen and oxygen atoms in total. The van der Waals surface area contributed by atoms with Crippen LogP contribution in [-0.4, -0.2) is 18.5 Å². The zero-order valence-electron chi connectivity index (χ0n) is 3.76. The lowest BCUT2D eigenvalue weighted by Gasteiger charge is -1.61. The van der Waals surface area contributed by atoms with E-state index in [-0.39, 0.29) is 0 Å². The van der Waals surface area contributed by atoms with E-state index in [1.165, 1.54) is 6.34 Å². The molecule has 0 unspecified atom stereocenters. The van der Waals surface area contributed by atoms with Gasteiger partial charge in [0.2, 0.25) is 0 Å². The fourth-order valence-corrected chi connectivity index (χ4v) is 0.107. The third-order valence-corrected chi connectivity index (χ3v) is 0.290. The molecule has 0 aliphatic carbocycles. The molecule has 0 heterocycles. The molecule has 0 aromatic rings. The van der Waals surface area contributed by atoms with Crippen LogP contribution in [0.4, 0.5) is 0 Å². The molecule has 0 radical (unpaired) electrons. The highest BCUT2D eigenvalue weighted by Crippen LogP contribution is 1.52. The molecule has 3 heteroatoms. The predicted molar refractivity (Wildman–Crippen MR) is 30.3 cm³/mol. The quantitative estimate of drug-likeness (QED) is 0.383. The highest BCUT2D eigenvalue weighted by Gasteiger charge is 1.51. The zero-order valence-corrected chi connectivity index (χ0v) is 3.76. The van der Waals surface area contributed by atoms with Crippen molar-refractivity contribution in [1.82, 2.24) is 0 Å². The maximum Gasteiger partial charge on any atom is 0.127 e. The molecule has 0 saturated heterocycles. The molecule has 0 atom stereocenters. The molecule has 0 rings (SSSR count). The van der Waals surface area contributed by atoms with E-state index in [4.69, 9.17) is 5.41 Å². The van der Waals surface area contributed by atoms with Crippen LogP contribution in [0.3, 0.4) is 0 Å². The molecule has 1 N–H and O–H groups in total. The van der Waals surface area contributed by atoms with E-state index in [2.05, 4.69) is 22.4 Å². The van der Waals surface area contributed by atoms with Gasteiger partial charge >= 0.3 is 0 Å². The van der Waals surface area contributed by atoms with Crippen LogP contribution in [0.25, 0.3) is 0 Å². The SMILES string of the molecule is C=C=N/C=N\C=N. The highest BCUT2D eigenvalue weighted by molar-refractivity contribution is 5.74. The molecule has 0 aromatic carbocycles. The minimum Gasteiger partial charge on any atom is -0.289 e. The van der Waals surface area contributed by atoms with Crippen molar-refractivity contribution >= 4 is 18.5 Å². The number of aliphatic imine (C=N–C) groups is 2. The molecule has 7 heavy (non-hydrogen) atoms. The first kappa shape index (κ1) is 5.79. The smallest absolute Gasteiger partial charge is 0.127 e. The maximum absolute atomic E-state index is 6.35. The number of hydrogen-bond acceptors (Lipinski definition) is 1. The zero-order chi connectivity index (χ0) is 5.54. The molecule has 0 fully saturated rings. The summed E-state index contributed by atoms with van der Waals surface area (Å²) in [6.07, 6.45) is 2.08. The summed E-state index contributed by atoms with van der Waals surface area (Å²) in [6, 6.07) is 0. The summed E-state index contributed by atoms with van der Waals surface area (Å²) in [5.41, 5.74) is 0. The molecule has 0 aliphatic heterocycles. The second kappa shape index (κ2) is 4.79. The van der Waals surface area contributed by atoms with Gasteiger partial charge in [-0.3, -0.25) is 5.41 Å². The summed E-state index contributed by atoms with van der Waals surface area (Å²) in [5.74, 6) is 2.22. The number of nitrogens with zero attached hydrogens (tertiary/aromatic N) is 2. The standard InChI is InChI=1S/C4H5N3/c1-2-6-4-7-3-5/h3-5H,1H2/b5-3?,7-4-. The normalized spacial score (nSPS) is 8.00. The van der Waals surface area contributed by atoms with Crippen LogP contribution in [0.1, 0.15) is 0 Å². The average Bonchev–Trinajstić information content (AvgIpc) is 1.69. The van der Waals surface area contributed by atoms with Gasteiger partial charge in [0.15, 0.2) is 0 Å². The van der Waals surface area contributed by atoms with Gasteiger partial charge in [0.25, 0.3) is 0 Å². The monoisotopic (exact) mass is 95.0 g/mol. The van der Waals surface area contributed by atoms with E-state index in [0.717, 1.165) is 6.34 Å². The highest BCUT2D eigenvalue weighted by atomic mass is 14.8. The molecule has 0 spiro atoms. The van der Waals surface area contributed by atoms with E-state index in [0.29, 0.717) is 0 Å². The first-order chi connectivity index (χ1) is 3.41. The first-order valence-corrected chi connectivity index (χ1v) is 1.64. The Bertz CT molecular complexity index is 119. The van der Waals surface area contributed by atoms with Crippen LogP contribution in [0.15, 0.2) is 16.6 Å². The number of rotatable bonds is 2. The summed E-state index contributed by atoms with van der Waals surface area (Å²) < 4.78 is 0. The largest absolute Gasteiger partial charge is 0.289 e. The molecular weight excluding hydrogens is 90.1 g/mol. The third kappa shape index (κ3) is 4.79. The van der Waals surface area contributed by atoms with Crippen LogP contribution >= 0.6 is 0 Å². The minimum atomic E-state index is 0.890. The van der Waals surface area contributed by atoms with Crippen LogP contribution in [0.5, 0.6) is 0 Å². The van der Waals surface area contributed by atoms with Crippen molar-refractivity contribution < 1.29 is 0 Å². The summed E-state index contributed by atoms with van der Waals surface area (Å²) >= 11 is 0. The molecule has 36 valence electrons. The Morgan fingerprint density at radius 3 is 2.86 bits per heavy atom. The summed E-state index contributed by atoms with van der Waals surface area (Å²) in [4.78, 5) is 6.67. The Hall–Kier alpha value is -1.21. The van der Waals surface area contributed by atoms with Crippen LogP contribution in [0.2, 0.25) is 0 Å². The molecule has 0 amide bonds. The Balaban J connectivity index is 3.47. The second-order valence-corrected chi connectivity index (χ2v) is 0.681. The lowest BCUT2D eigenvalue weighted by Crippen LogP contribution is -1.62. The van der Waals surface area contributed by atoms with Crippen molar-refractivity contribution in [2.24, 2.45) is 9.98 Å². The third-order valence-electron chi connectivity index (χ3n) is 0.290. The Labute approximate surface area is 41.6 Å². The van der Waals surface area contributed by atoms with Gasteiger partial charge in [-0.15, -0.1) is 0 Å². The van der Waals surface area contributed by atoms with Gasteiger partial charge in [-0.05, 0) is 12.4 Å². The van der Waals surface area contributed by atoms with E-state index < -0.39 is 0 Å². The van der Waals surface area contributed by atoms with Crippen molar-refractivity contribution in [3.8, 4) is 0 Å². The second-order valence-electron chi connectivity index (χ2n) is 0.681. The first-order valence-electron chi connectivity index (χ1n) is 1.64. The lowest BCUT2D eigenvalue weighted by atomic mass is 11.1. The van der Waals surface area contributed by atoms with Gasteiger partial charge in [-0.2, -0.15) is 4.99 Å². The molecule has 0 saturated carbocycles.